The maximum Gasteiger partial charge on any atom is 0.246 e. The zero-order chi connectivity index (χ0) is 11.6. The fraction of sp³-hybridized carbons (Fsp3) is 0.833. The van der Waals surface area contributed by atoms with Crippen LogP contribution in [0.2, 0.25) is 0 Å². The Kier molecular flexibility index (Phi) is 1.76. The summed E-state index contributed by atoms with van der Waals surface area (Å²) in [5.41, 5.74) is -1.21. The quantitative estimate of drug-likeness (QED) is 0.681. The molecule has 3 heterocycles. The van der Waals surface area contributed by atoms with Gasteiger partial charge in [0.1, 0.15) is 11.1 Å². The van der Waals surface area contributed by atoms with E-state index in [9.17, 15) is 9.59 Å². The first-order valence-corrected chi connectivity index (χ1v) is 6.16. The highest BCUT2D eigenvalue weighted by Gasteiger charge is 2.65. The van der Waals surface area contributed by atoms with Gasteiger partial charge in [0.05, 0.1) is 0 Å². The maximum absolute atomic E-state index is 12.2. The molecule has 0 aromatic heterocycles. The number of piperidine rings is 2. The third-order valence-corrected chi connectivity index (χ3v) is 4.86. The van der Waals surface area contributed by atoms with Crippen molar-refractivity contribution in [2.45, 2.75) is 50.6 Å². The first-order valence-electron chi connectivity index (χ1n) is 6.16. The van der Waals surface area contributed by atoms with Crippen LogP contribution in [0.25, 0.3) is 0 Å². The summed E-state index contributed by atoms with van der Waals surface area (Å²) in [6.07, 6.45) is 3.75. The molecule has 2 N–H and O–H groups in total. The molecule has 4 aliphatic rings. The Morgan fingerprint density at radius 3 is 2.69 bits per heavy atom. The Bertz CT molecular complexity index is 373. The summed E-state index contributed by atoms with van der Waals surface area (Å²) in [7, 11) is 0. The van der Waals surface area contributed by atoms with Crippen molar-refractivity contribution >= 4 is 11.8 Å². The van der Waals surface area contributed by atoms with E-state index >= 15 is 0 Å². The molecule has 4 heteroatoms. The molecule has 0 radical (unpaired) electrons. The molecule has 1 spiro atoms. The summed E-state index contributed by atoms with van der Waals surface area (Å²) in [5, 5.41) is 6.00. The predicted octanol–water partition coefficient (Wildman–Crippen LogP) is 0.570. The number of hydrogen-bond acceptors (Lipinski definition) is 2. The van der Waals surface area contributed by atoms with Gasteiger partial charge in [-0.2, -0.15) is 0 Å². The molecule has 1 aliphatic carbocycles. The Labute approximate surface area is 95.2 Å². The number of nitrogens with one attached hydrogen (secondary N) is 2. The van der Waals surface area contributed by atoms with Crippen molar-refractivity contribution in [1.82, 2.24) is 10.6 Å². The summed E-state index contributed by atoms with van der Waals surface area (Å²) in [6.45, 7) is 4.01. The van der Waals surface area contributed by atoms with Crippen molar-refractivity contribution < 1.29 is 9.59 Å². The van der Waals surface area contributed by atoms with Crippen molar-refractivity contribution in [3.05, 3.63) is 0 Å². The number of fused-ring (bicyclic) bond motifs is 2. The van der Waals surface area contributed by atoms with Gasteiger partial charge >= 0.3 is 0 Å². The third kappa shape index (κ3) is 0.913. The molecule has 4 nitrogen and oxygen atoms in total. The molecule has 4 rings (SSSR count). The summed E-state index contributed by atoms with van der Waals surface area (Å²) in [6, 6.07) is 0. The number of piperazine rings is 1. The molecule has 4 fully saturated rings. The lowest BCUT2D eigenvalue weighted by Gasteiger charge is -2.55. The lowest BCUT2D eigenvalue weighted by molar-refractivity contribution is -0.158. The zero-order valence-corrected chi connectivity index (χ0v) is 9.80. The van der Waals surface area contributed by atoms with Crippen molar-refractivity contribution in [1.29, 1.82) is 0 Å². The molecule has 16 heavy (non-hydrogen) atoms. The van der Waals surface area contributed by atoms with Crippen LogP contribution in [0.5, 0.6) is 0 Å². The summed E-state index contributed by atoms with van der Waals surface area (Å²) < 4.78 is 0. The molecule has 1 saturated carbocycles. The fourth-order valence-corrected chi connectivity index (χ4v) is 3.73. The van der Waals surface area contributed by atoms with Crippen molar-refractivity contribution in [2.24, 2.45) is 11.8 Å². The molecule has 1 unspecified atom stereocenters. The van der Waals surface area contributed by atoms with Crippen LogP contribution in [0.4, 0.5) is 0 Å². The molecular weight excluding hydrogens is 204 g/mol. The minimum atomic E-state index is -0.645. The monoisotopic (exact) mass is 222 g/mol. The van der Waals surface area contributed by atoms with Gasteiger partial charge in [-0.1, -0.05) is 20.3 Å². The van der Waals surface area contributed by atoms with E-state index in [2.05, 4.69) is 10.6 Å². The van der Waals surface area contributed by atoms with Crippen molar-refractivity contribution in [3.63, 3.8) is 0 Å². The average molecular weight is 222 g/mol. The van der Waals surface area contributed by atoms with Crippen LogP contribution in [0, 0.1) is 11.8 Å². The second-order valence-electron chi connectivity index (χ2n) is 5.80. The topological polar surface area (TPSA) is 58.2 Å². The normalized spacial score (nSPS) is 45.6. The van der Waals surface area contributed by atoms with E-state index in [0.29, 0.717) is 5.92 Å². The van der Waals surface area contributed by atoms with Gasteiger partial charge in [0, 0.05) is 0 Å². The highest BCUT2D eigenvalue weighted by Crippen LogP contribution is 2.49. The standard InChI is InChI=1S/C12H18N2O2/c1-7(2)12-6-8-4-3-5-11(8,9(15)14-12)13-10(12)16/h7-8H,3-6H2,1-2H3,(H,13,16)(H,14,15)/t8-,11?,12+/m1/s1. The van der Waals surface area contributed by atoms with Gasteiger partial charge in [-0.3, -0.25) is 9.59 Å². The van der Waals surface area contributed by atoms with Crippen LogP contribution in [0.15, 0.2) is 0 Å². The molecule has 3 aliphatic heterocycles. The average Bonchev–Trinajstić information content (AvgIpc) is 2.61. The second kappa shape index (κ2) is 2.79. The maximum atomic E-state index is 12.2. The van der Waals surface area contributed by atoms with Crippen LogP contribution < -0.4 is 10.6 Å². The van der Waals surface area contributed by atoms with Gasteiger partial charge in [0.15, 0.2) is 0 Å². The van der Waals surface area contributed by atoms with Gasteiger partial charge in [0.25, 0.3) is 0 Å². The fourth-order valence-electron chi connectivity index (χ4n) is 3.73. The molecular formula is C12H18N2O2. The minimum Gasteiger partial charge on any atom is -0.339 e. The summed E-state index contributed by atoms with van der Waals surface area (Å²) >= 11 is 0. The second-order valence-corrected chi connectivity index (χ2v) is 5.80. The third-order valence-electron chi connectivity index (χ3n) is 4.86. The van der Waals surface area contributed by atoms with Crippen LogP contribution in [-0.4, -0.2) is 22.9 Å². The van der Waals surface area contributed by atoms with Crippen LogP contribution in [-0.2, 0) is 9.59 Å². The highest BCUT2D eigenvalue weighted by molar-refractivity contribution is 6.04. The summed E-state index contributed by atoms with van der Waals surface area (Å²) in [5.74, 6) is 0.575. The van der Waals surface area contributed by atoms with Crippen molar-refractivity contribution in [3.8, 4) is 0 Å². The van der Waals surface area contributed by atoms with E-state index < -0.39 is 11.1 Å². The Hall–Kier alpha value is -1.06. The number of hydrogen-bond donors (Lipinski definition) is 2. The lowest BCUT2D eigenvalue weighted by atomic mass is 9.64. The van der Waals surface area contributed by atoms with E-state index in [1.165, 1.54) is 0 Å². The largest absolute Gasteiger partial charge is 0.339 e. The lowest BCUT2D eigenvalue weighted by Crippen LogP contribution is -2.82. The van der Waals surface area contributed by atoms with Crippen molar-refractivity contribution in [2.75, 3.05) is 0 Å². The molecule has 2 amide bonds. The molecule has 0 aromatic carbocycles. The van der Waals surface area contributed by atoms with Crippen LogP contribution >= 0.6 is 0 Å². The first-order chi connectivity index (χ1) is 7.51. The van der Waals surface area contributed by atoms with Gasteiger partial charge < -0.3 is 10.6 Å². The smallest absolute Gasteiger partial charge is 0.246 e. The number of amides is 2. The molecule has 3 saturated heterocycles. The Morgan fingerprint density at radius 1 is 1.25 bits per heavy atom. The van der Waals surface area contributed by atoms with Crippen LogP contribution in [0.3, 0.4) is 0 Å². The molecule has 0 aromatic rings. The van der Waals surface area contributed by atoms with Gasteiger partial charge in [-0.15, -0.1) is 0 Å². The van der Waals surface area contributed by atoms with E-state index in [0.717, 1.165) is 25.7 Å². The number of carbonyl (C=O) groups is 2. The Balaban J connectivity index is 2.08. The van der Waals surface area contributed by atoms with Gasteiger partial charge in [0.2, 0.25) is 11.8 Å². The predicted molar refractivity (Wildman–Crippen MR) is 58.5 cm³/mol. The summed E-state index contributed by atoms with van der Waals surface area (Å²) in [4.78, 5) is 24.4. The zero-order valence-electron chi connectivity index (χ0n) is 9.80. The highest BCUT2D eigenvalue weighted by atomic mass is 16.2. The van der Waals surface area contributed by atoms with E-state index in [1.54, 1.807) is 0 Å². The number of carbonyl (C=O) groups excluding carboxylic acids is 2. The molecule has 2 bridgehead atoms. The van der Waals surface area contributed by atoms with Gasteiger partial charge in [-0.05, 0) is 31.1 Å². The Morgan fingerprint density at radius 2 is 2.00 bits per heavy atom. The minimum absolute atomic E-state index is 0.0280. The molecule has 88 valence electrons. The van der Waals surface area contributed by atoms with E-state index in [1.807, 2.05) is 13.8 Å². The van der Waals surface area contributed by atoms with Crippen LogP contribution in [0.1, 0.15) is 39.5 Å². The first kappa shape index (κ1) is 10.1. The SMILES string of the molecule is CC(C)[C@@]12C[C@H]3CCCC3(NC1=O)C(=O)N2. The van der Waals surface area contributed by atoms with E-state index in [4.69, 9.17) is 0 Å². The molecule has 3 atom stereocenters. The van der Waals surface area contributed by atoms with Gasteiger partial charge in [-0.25, -0.2) is 0 Å². The van der Waals surface area contributed by atoms with E-state index in [-0.39, 0.29) is 17.7 Å². The number of rotatable bonds is 1.